The Morgan fingerprint density at radius 2 is 1.90 bits per heavy atom. The van der Waals surface area contributed by atoms with Crippen LogP contribution >= 0.6 is 28.1 Å². The molecule has 1 saturated heterocycles. The smallest absolute Gasteiger partial charge is 0.119 e. The summed E-state index contributed by atoms with van der Waals surface area (Å²) in [5.41, 5.74) is 5.71. The minimum atomic E-state index is 0.196. The molecule has 1 fully saturated rings. The van der Waals surface area contributed by atoms with Crippen LogP contribution in [0.25, 0.3) is 0 Å². The van der Waals surface area contributed by atoms with E-state index in [1.807, 2.05) is 24.3 Å². The van der Waals surface area contributed by atoms with Crippen molar-refractivity contribution in [3.8, 4) is 5.75 Å². The zero-order chi connectivity index (χ0) is 15.2. The molecule has 2 N–H and O–H groups in total. The minimum Gasteiger partial charge on any atom is -0.492 e. The van der Waals surface area contributed by atoms with Gasteiger partial charge in [0.05, 0.1) is 11.0 Å². The predicted octanol–water partition coefficient (Wildman–Crippen LogP) is 2.12. The molecule has 1 atom stereocenters. The molecule has 0 amide bonds. The van der Waals surface area contributed by atoms with Crippen LogP contribution in [0.5, 0.6) is 5.75 Å². The van der Waals surface area contributed by atoms with Gasteiger partial charge in [0.1, 0.15) is 12.4 Å². The standard InChI is InChI=1S/C15H22BrN3OS/c1-12(15(17)21)19-8-6-18(7-9-19)10-11-20-14-4-2-13(16)3-5-14/h2-5,12H,6-11H2,1H3,(H2,17,21). The molecule has 1 aliphatic rings. The van der Waals surface area contributed by atoms with Gasteiger partial charge in [-0.1, -0.05) is 28.1 Å². The van der Waals surface area contributed by atoms with Gasteiger partial charge in [-0.05, 0) is 31.2 Å². The van der Waals surface area contributed by atoms with E-state index in [1.165, 1.54) is 0 Å². The van der Waals surface area contributed by atoms with Gasteiger partial charge in [0.25, 0.3) is 0 Å². The Labute approximate surface area is 140 Å². The summed E-state index contributed by atoms with van der Waals surface area (Å²) in [6.07, 6.45) is 0. The van der Waals surface area contributed by atoms with Crippen molar-refractivity contribution in [3.05, 3.63) is 28.7 Å². The monoisotopic (exact) mass is 371 g/mol. The number of ether oxygens (including phenoxy) is 1. The van der Waals surface area contributed by atoms with Gasteiger partial charge in [-0.3, -0.25) is 9.80 Å². The van der Waals surface area contributed by atoms with E-state index in [2.05, 4.69) is 32.7 Å². The molecule has 1 aromatic rings. The van der Waals surface area contributed by atoms with E-state index >= 15 is 0 Å². The maximum absolute atomic E-state index is 5.76. The highest BCUT2D eigenvalue weighted by molar-refractivity contribution is 9.10. The SMILES string of the molecule is CC(C(N)=S)N1CCN(CCOc2ccc(Br)cc2)CC1. The Bertz CT molecular complexity index is 460. The van der Waals surface area contributed by atoms with Crippen LogP contribution in [0.4, 0.5) is 0 Å². The first-order valence-electron chi connectivity index (χ1n) is 7.20. The average Bonchev–Trinajstić information content (AvgIpc) is 2.49. The number of benzene rings is 1. The lowest BCUT2D eigenvalue weighted by atomic mass is 10.2. The summed E-state index contributed by atoms with van der Waals surface area (Å²) in [7, 11) is 0. The quantitative estimate of drug-likeness (QED) is 0.775. The Morgan fingerprint density at radius 3 is 2.48 bits per heavy atom. The molecule has 0 radical (unpaired) electrons. The maximum Gasteiger partial charge on any atom is 0.119 e. The topological polar surface area (TPSA) is 41.7 Å². The van der Waals surface area contributed by atoms with Crippen molar-refractivity contribution in [1.82, 2.24) is 9.80 Å². The summed E-state index contributed by atoms with van der Waals surface area (Å²) in [6, 6.07) is 8.13. The first-order chi connectivity index (χ1) is 10.1. The van der Waals surface area contributed by atoms with Crippen molar-refractivity contribution in [3.63, 3.8) is 0 Å². The molecule has 2 rings (SSSR count). The average molecular weight is 372 g/mol. The van der Waals surface area contributed by atoms with E-state index in [4.69, 9.17) is 22.7 Å². The van der Waals surface area contributed by atoms with E-state index in [-0.39, 0.29) is 6.04 Å². The number of rotatable bonds is 6. The largest absolute Gasteiger partial charge is 0.492 e. The van der Waals surface area contributed by atoms with E-state index in [9.17, 15) is 0 Å². The lowest BCUT2D eigenvalue weighted by molar-refractivity contribution is 0.109. The third-order valence-corrected chi connectivity index (χ3v) is 4.73. The van der Waals surface area contributed by atoms with Crippen LogP contribution in [0.15, 0.2) is 28.7 Å². The summed E-state index contributed by atoms with van der Waals surface area (Å²) >= 11 is 8.48. The van der Waals surface area contributed by atoms with Crippen molar-refractivity contribution in [2.24, 2.45) is 5.73 Å². The third kappa shape index (κ3) is 5.21. The second-order valence-corrected chi connectivity index (χ2v) is 6.65. The van der Waals surface area contributed by atoms with E-state index in [1.54, 1.807) is 0 Å². The highest BCUT2D eigenvalue weighted by atomic mass is 79.9. The van der Waals surface area contributed by atoms with Crippen molar-refractivity contribution >= 4 is 33.1 Å². The van der Waals surface area contributed by atoms with E-state index in [0.717, 1.165) is 42.9 Å². The molecule has 1 aliphatic heterocycles. The van der Waals surface area contributed by atoms with Crippen LogP contribution in [-0.2, 0) is 0 Å². The first kappa shape index (κ1) is 16.7. The number of hydrogen-bond acceptors (Lipinski definition) is 4. The van der Waals surface area contributed by atoms with Gasteiger partial charge in [0, 0.05) is 37.2 Å². The predicted molar refractivity (Wildman–Crippen MR) is 93.9 cm³/mol. The second-order valence-electron chi connectivity index (χ2n) is 5.26. The van der Waals surface area contributed by atoms with Gasteiger partial charge >= 0.3 is 0 Å². The van der Waals surface area contributed by atoms with E-state index < -0.39 is 0 Å². The molecule has 1 aromatic carbocycles. The number of nitrogens with zero attached hydrogens (tertiary/aromatic N) is 2. The van der Waals surface area contributed by atoms with Crippen LogP contribution in [0, 0.1) is 0 Å². The highest BCUT2D eigenvalue weighted by Crippen LogP contribution is 2.16. The highest BCUT2D eigenvalue weighted by Gasteiger charge is 2.22. The Hall–Kier alpha value is -0.690. The number of thiocarbonyl (C=S) groups is 1. The summed E-state index contributed by atoms with van der Waals surface area (Å²) < 4.78 is 6.83. The molecule has 116 valence electrons. The fourth-order valence-electron chi connectivity index (χ4n) is 2.38. The van der Waals surface area contributed by atoms with Crippen LogP contribution in [0.2, 0.25) is 0 Å². The molecular weight excluding hydrogens is 350 g/mol. The number of hydrogen-bond donors (Lipinski definition) is 1. The first-order valence-corrected chi connectivity index (χ1v) is 8.40. The summed E-state index contributed by atoms with van der Waals surface area (Å²) in [5, 5.41) is 0. The fourth-order valence-corrected chi connectivity index (χ4v) is 2.79. The number of halogens is 1. The van der Waals surface area contributed by atoms with Crippen LogP contribution < -0.4 is 10.5 Å². The fraction of sp³-hybridized carbons (Fsp3) is 0.533. The van der Waals surface area contributed by atoms with Crippen molar-refractivity contribution in [2.75, 3.05) is 39.3 Å². The third-order valence-electron chi connectivity index (χ3n) is 3.86. The Balaban J connectivity index is 1.67. The lowest BCUT2D eigenvalue weighted by Crippen LogP contribution is -2.53. The van der Waals surface area contributed by atoms with Crippen LogP contribution in [0.3, 0.4) is 0 Å². The number of piperazine rings is 1. The normalized spacial score (nSPS) is 18.4. The molecule has 4 nitrogen and oxygen atoms in total. The molecule has 0 aromatic heterocycles. The zero-order valence-corrected chi connectivity index (χ0v) is 14.7. The summed E-state index contributed by atoms with van der Waals surface area (Å²) in [5.74, 6) is 0.916. The Kier molecular flexibility index (Phi) is 6.41. The van der Waals surface area contributed by atoms with Gasteiger partial charge in [-0.15, -0.1) is 0 Å². The van der Waals surface area contributed by atoms with Crippen molar-refractivity contribution < 1.29 is 4.74 Å². The van der Waals surface area contributed by atoms with Crippen LogP contribution in [0.1, 0.15) is 6.92 Å². The Morgan fingerprint density at radius 1 is 1.29 bits per heavy atom. The van der Waals surface area contributed by atoms with Crippen molar-refractivity contribution in [1.29, 1.82) is 0 Å². The molecule has 0 saturated carbocycles. The molecule has 0 spiro atoms. The second kappa shape index (κ2) is 8.08. The summed E-state index contributed by atoms with van der Waals surface area (Å²) in [4.78, 5) is 5.35. The van der Waals surface area contributed by atoms with Gasteiger partial charge in [-0.25, -0.2) is 0 Å². The molecule has 21 heavy (non-hydrogen) atoms. The molecule has 6 heteroatoms. The molecule has 1 unspecified atom stereocenters. The molecule has 0 aliphatic carbocycles. The van der Waals surface area contributed by atoms with Gasteiger partial charge < -0.3 is 10.5 Å². The van der Waals surface area contributed by atoms with Crippen LogP contribution in [-0.4, -0.2) is 60.2 Å². The molecule has 1 heterocycles. The van der Waals surface area contributed by atoms with Gasteiger partial charge in [-0.2, -0.15) is 0 Å². The molecule has 0 bridgehead atoms. The van der Waals surface area contributed by atoms with Gasteiger partial charge in [0.15, 0.2) is 0 Å². The molecular formula is C15H22BrN3OS. The van der Waals surface area contributed by atoms with E-state index in [0.29, 0.717) is 11.6 Å². The summed E-state index contributed by atoms with van der Waals surface area (Å²) in [6.45, 7) is 7.84. The maximum atomic E-state index is 5.76. The zero-order valence-electron chi connectivity index (χ0n) is 12.3. The van der Waals surface area contributed by atoms with Gasteiger partial charge in [0.2, 0.25) is 0 Å². The number of nitrogens with two attached hydrogens (primary N) is 1. The lowest BCUT2D eigenvalue weighted by Gasteiger charge is -2.37. The van der Waals surface area contributed by atoms with Crippen molar-refractivity contribution in [2.45, 2.75) is 13.0 Å². The minimum absolute atomic E-state index is 0.196.